The van der Waals surface area contributed by atoms with Crippen molar-refractivity contribution < 1.29 is 36.3 Å². The third-order valence-corrected chi connectivity index (χ3v) is 5.02. The Balaban J connectivity index is 2.38. The fourth-order valence-corrected chi connectivity index (χ4v) is 3.57. The van der Waals surface area contributed by atoms with Crippen molar-refractivity contribution in [2.45, 2.75) is 11.1 Å². The lowest BCUT2D eigenvalue weighted by atomic mass is 9.96. The van der Waals surface area contributed by atoms with E-state index in [0.717, 1.165) is 11.2 Å². The Hall–Kier alpha value is -2.10. The van der Waals surface area contributed by atoms with Crippen LogP contribution in [-0.4, -0.2) is 55.8 Å². The molecule has 0 bridgehead atoms. The van der Waals surface area contributed by atoms with Crippen molar-refractivity contribution in [3.8, 4) is 0 Å². The third kappa shape index (κ3) is 3.53. The molecule has 1 fully saturated rings. The topological polar surface area (TPSA) is 91.8 Å². The Kier molecular flexibility index (Phi) is 4.62. The SMILES string of the molecule is CS(=O)(=O)c1ccccc1C(=O)N1C[C@@H](C(F)(F)F)[C@H](C(=O)O)C1. The summed E-state index contributed by atoms with van der Waals surface area (Å²) < 4.78 is 62.4. The first-order chi connectivity index (χ1) is 10.9. The van der Waals surface area contributed by atoms with Gasteiger partial charge in [-0.3, -0.25) is 9.59 Å². The first-order valence-corrected chi connectivity index (χ1v) is 8.70. The highest BCUT2D eigenvalue weighted by Crippen LogP contribution is 2.38. The molecule has 0 aromatic heterocycles. The molecule has 2 rings (SSSR count). The van der Waals surface area contributed by atoms with Gasteiger partial charge < -0.3 is 10.0 Å². The first kappa shape index (κ1) is 18.2. The minimum Gasteiger partial charge on any atom is -0.481 e. The second kappa shape index (κ2) is 6.08. The molecule has 132 valence electrons. The molecule has 1 aromatic carbocycles. The van der Waals surface area contributed by atoms with Gasteiger partial charge in [0.2, 0.25) is 0 Å². The van der Waals surface area contributed by atoms with Crippen LogP contribution in [-0.2, 0) is 14.6 Å². The Labute approximate surface area is 135 Å². The van der Waals surface area contributed by atoms with E-state index in [2.05, 4.69) is 0 Å². The van der Waals surface area contributed by atoms with Crippen molar-refractivity contribution >= 4 is 21.7 Å². The van der Waals surface area contributed by atoms with Gasteiger partial charge in [0.05, 0.1) is 22.3 Å². The van der Waals surface area contributed by atoms with Gasteiger partial charge in [-0.25, -0.2) is 8.42 Å². The van der Waals surface area contributed by atoms with Gasteiger partial charge in [0.1, 0.15) is 0 Å². The van der Waals surface area contributed by atoms with E-state index in [1.165, 1.54) is 24.3 Å². The fourth-order valence-electron chi connectivity index (χ4n) is 2.69. The Morgan fingerprint density at radius 1 is 1.21 bits per heavy atom. The van der Waals surface area contributed by atoms with Crippen LogP contribution in [0.4, 0.5) is 13.2 Å². The van der Waals surface area contributed by atoms with Crippen LogP contribution >= 0.6 is 0 Å². The molecule has 1 saturated heterocycles. The second-order valence-electron chi connectivity index (χ2n) is 5.57. The van der Waals surface area contributed by atoms with Crippen LogP contribution in [0.5, 0.6) is 0 Å². The molecule has 0 aliphatic carbocycles. The summed E-state index contributed by atoms with van der Waals surface area (Å²) in [5.74, 6) is -6.55. The molecule has 1 amide bonds. The minimum absolute atomic E-state index is 0.271. The van der Waals surface area contributed by atoms with Gasteiger partial charge >= 0.3 is 12.1 Å². The number of likely N-dealkylation sites (tertiary alicyclic amines) is 1. The van der Waals surface area contributed by atoms with Crippen molar-refractivity contribution in [2.75, 3.05) is 19.3 Å². The van der Waals surface area contributed by atoms with Gasteiger partial charge in [0, 0.05) is 19.3 Å². The summed E-state index contributed by atoms with van der Waals surface area (Å²) in [6, 6.07) is 5.13. The maximum Gasteiger partial charge on any atom is 0.394 e. The van der Waals surface area contributed by atoms with Crippen molar-refractivity contribution in [3.63, 3.8) is 0 Å². The molecule has 24 heavy (non-hydrogen) atoms. The number of carboxylic acids is 1. The average Bonchev–Trinajstić information content (AvgIpc) is 2.91. The highest BCUT2D eigenvalue weighted by atomic mass is 32.2. The van der Waals surface area contributed by atoms with Crippen molar-refractivity contribution in [2.24, 2.45) is 11.8 Å². The molecule has 2 atom stereocenters. The van der Waals surface area contributed by atoms with Crippen LogP contribution in [0, 0.1) is 11.8 Å². The summed E-state index contributed by atoms with van der Waals surface area (Å²) in [6.07, 6.45) is -3.89. The summed E-state index contributed by atoms with van der Waals surface area (Å²) >= 11 is 0. The zero-order valence-corrected chi connectivity index (χ0v) is 13.3. The number of hydrogen-bond donors (Lipinski definition) is 1. The van der Waals surface area contributed by atoms with Gasteiger partial charge in [-0.2, -0.15) is 13.2 Å². The summed E-state index contributed by atoms with van der Waals surface area (Å²) in [7, 11) is -3.77. The molecule has 0 unspecified atom stereocenters. The quantitative estimate of drug-likeness (QED) is 0.875. The zero-order chi connectivity index (χ0) is 18.3. The van der Waals surface area contributed by atoms with E-state index in [0.29, 0.717) is 0 Å². The number of rotatable bonds is 3. The number of carboxylic acid groups (broad SMARTS) is 1. The van der Waals surface area contributed by atoms with E-state index in [4.69, 9.17) is 5.11 Å². The van der Waals surface area contributed by atoms with Gasteiger partial charge in [0.25, 0.3) is 5.91 Å². The van der Waals surface area contributed by atoms with Gasteiger partial charge in [0.15, 0.2) is 9.84 Å². The molecule has 1 N–H and O–H groups in total. The van der Waals surface area contributed by atoms with E-state index in [-0.39, 0.29) is 10.5 Å². The largest absolute Gasteiger partial charge is 0.481 e. The number of benzene rings is 1. The highest BCUT2D eigenvalue weighted by molar-refractivity contribution is 7.90. The number of carbonyl (C=O) groups excluding carboxylic acids is 1. The average molecular weight is 365 g/mol. The number of sulfone groups is 1. The monoisotopic (exact) mass is 365 g/mol. The molecule has 1 aliphatic rings. The number of nitrogens with zero attached hydrogens (tertiary/aromatic N) is 1. The number of alkyl halides is 3. The summed E-state index contributed by atoms with van der Waals surface area (Å²) in [6.45, 7) is -1.45. The van der Waals surface area contributed by atoms with Crippen LogP contribution < -0.4 is 0 Å². The Morgan fingerprint density at radius 3 is 2.25 bits per heavy atom. The lowest BCUT2D eigenvalue weighted by Gasteiger charge is -2.19. The summed E-state index contributed by atoms with van der Waals surface area (Å²) in [5.41, 5.74) is -0.271. The minimum atomic E-state index is -4.77. The van der Waals surface area contributed by atoms with E-state index in [9.17, 15) is 31.2 Å². The fraction of sp³-hybridized carbons (Fsp3) is 0.429. The van der Waals surface area contributed by atoms with Crippen molar-refractivity contribution in [3.05, 3.63) is 29.8 Å². The highest BCUT2D eigenvalue weighted by Gasteiger charge is 2.53. The number of hydrogen-bond acceptors (Lipinski definition) is 4. The lowest BCUT2D eigenvalue weighted by molar-refractivity contribution is -0.187. The predicted octanol–water partition coefficient (Wildman–Crippen LogP) is 1.43. The number of amides is 1. The second-order valence-corrected chi connectivity index (χ2v) is 7.56. The predicted molar refractivity (Wildman–Crippen MR) is 76.1 cm³/mol. The number of aliphatic carboxylic acids is 1. The van der Waals surface area contributed by atoms with Gasteiger partial charge in [-0.05, 0) is 12.1 Å². The van der Waals surface area contributed by atoms with Crippen LogP contribution in [0.1, 0.15) is 10.4 Å². The number of carbonyl (C=O) groups is 2. The normalized spacial score (nSPS) is 21.8. The van der Waals surface area contributed by atoms with Gasteiger partial charge in [-0.1, -0.05) is 12.1 Å². The molecule has 0 radical (unpaired) electrons. The zero-order valence-electron chi connectivity index (χ0n) is 12.4. The Bertz CT molecular complexity index is 775. The Morgan fingerprint density at radius 2 is 1.79 bits per heavy atom. The van der Waals surface area contributed by atoms with Gasteiger partial charge in [-0.15, -0.1) is 0 Å². The molecule has 1 heterocycles. The molecule has 0 saturated carbocycles. The van der Waals surface area contributed by atoms with Crippen molar-refractivity contribution in [1.82, 2.24) is 4.90 Å². The maximum atomic E-state index is 13.0. The lowest BCUT2D eigenvalue weighted by Crippen LogP contribution is -2.34. The summed E-state index contributed by atoms with van der Waals surface area (Å²) in [5, 5.41) is 8.97. The first-order valence-electron chi connectivity index (χ1n) is 6.81. The molecule has 0 spiro atoms. The summed E-state index contributed by atoms with van der Waals surface area (Å²) in [4.78, 5) is 23.9. The standard InChI is InChI=1S/C14H14F3NO5S/c1-24(22,23)11-5-3-2-4-8(11)12(19)18-6-9(13(20)21)10(7-18)14(15,16)17/h2-5,9-10H,6-7H2,1H3,(H,20,21)/t9-,10-/m1/s1. The van der Waals surface area contributed by atoms with Crippen LogP contribution in [0.15, 0.2) is 29.2 Å². The van der Waals surface area contributed by atoms with E-state index < -0.39 is 52.8 Å². The smallest absolute Gasteiger partial charge is 0.394 e. The van der Waals surface area contributed by atoms with E-state index >= 15 is 0 Å². The van der Waals surface area contributed by atoms with E-state index in [1.54, 1.807) is 0 Å². The molecular formula is C14H14F3NO5S. The molecule has 10 heteroatoms. The number of halogens is 3. The van der Waals surface area contributed by atoms with E-state index in [1.807, 2.05) is 0 Å². The third-order valence-electron chi connectivity index (χ3n) is 3.86. The molecule has 1 aromatic rings. The van der Waals surface area contributed by atoms with Crippen LogP contribution in [0.2, 0.25) is 0 Å². The molecular weight excluding hydrogens is 351 g/mol. The van der Waals surface area contributed by atoms with Crippen LogP contribution in [0.3, 0.4) is 0 Å². The van der Waals surface area contributed by atoms with Crippen molar-refractivity contribution in [1.29, 1.82) is 0 Å². The van der Waals surface area contributed by atoms with Crippen LogP contribution in [0.25, 0.3) is 0 Å². The maximum absolute atomic E-state index is 13.0. The molecule has 6 nitrogen and oxygen atoms in total. The molecule has 1 aliphatic heterocycles.